The van der Waals surface area contributed by atoms with E-state index in [0.717, 1.165) is 50.7 Å². The maximum atomic E-state index is 5.61. The van der Waals surface area contributed by atoms with Crippen molar-refractivity contribution in [2.45, 2.75) is 0 Å². The average Bonchev–Trinajstić information content (AvgIpc) is 3.54. The normalized spacial score (nSPS) is 11.2. The molecule has 0 spiro atoms. The second kappa shape index (κ2) is 9.10. The summed E-state index contributed by atoms with van der Waals surface area (Å²) in [4.78, 5) is 3.28. The fourth-order valence-corrected chi connectivity index (χ4v) is 5.19. The number of benzene rings is 4. The number of ether oxygens (including phenoxy) is 3. The summed E-state index contributed by atoms with van der Waals surface area (Å²) in [6.45, 7) is 0. The highest BCUT2D eigenvalue weighted by atomic mass is 16.5. The van der Waals surface area contributed by atoms with Crippen LogP contribution in [0.4, 0.5) is 0 Å². The molecule has 0 atom stereocenters. The largest absolute Gasteiger partial charge is 0.497 e. The minimum Gasteiger partial charge on any atom is -0.497 e. The monoisotopic (exact) mass is 488 g/mol. The average molecular weight is 489 g/mol. The lowest BCUT2D eigenvalue weighted by atomic mass is 9.95. The zero-order valence-electron chi connectivity index (χ0n) is 21.3. The smallest absolute Gasteiger partial charge is 0.123 e. The van der Waals surface area contributed by atoms with Crippen LogP contribution in [0.2, 0.25) is 0 Å². The van der Waals surface area contributed by atoms with E-state index < -0.39 is 0 Å². The van der Waals surface area contributed by atoms with Crippen LogP contribution in [-0.4, -0.2) is 30.9 Å². The number of methoxy groups -OCH3 is 3. The zero-order valence-corrected chi connectivity index (χ0v) is 21.3. The highest BCUT2D eigenvalue weighted by molar-refractivity contribution is 6.06. The maximum Gasteiger partial charge on any atom is 0.123 e. The second-order valence-electron chi connectivity index (χ2n) is 9.12. The van der Waals surface area contributed by atoms with Crippen LogP contribution >= 0.6 is 0 Å². The number of H-pyrrole nitrogens is 1. The molecule has 0 unspecified atom stereocenters. The topological polar surface area (TPSA) is 48.4 Å². The molecule has 0 saturated carbocycles. The molecule has 0 radical (unpaired) electrons. The summed E-state index contributed by atoms with van der Waals surface area (Å²) in [5, 5.41) is 2.38. The number of aromatic nitrogens is 2. The van der Waals surface area contributed by atoms with Crippen LogP contribution in [0.25, 0.3) is 55.3 Å². The SMILES string of the molecule is COc1ccc(-c2c(-c3cc(OC)cc(OC)c3)n(C)c3ccc(-c4ccc5[nH]ccc5c4)cc23)cc1. The van der Waals surface area contributed by atoms with Gasteiger partial charge in [0.2, 0.25) is 0 Å². The van der Waals surface area contributed by atoms with Crippen molar-refractivity contribution in [1.82, 2.24) is 9.55 Å². The second-order valence-corrected chi connectivity index (χ2v) is 9.12. The molecule has 5 heteroatoms. The Morgan fingerprint density at radius 2 is 1.24 bits per heavy atom. The number of rotatable bonds is 6. The van der Waals surface area contributed by atoms with Crippen molar-refractivity contribution in [1.29, 1.82) is 0 Å². The van der Waals surface area contributed by atoms with Gasteiger partial charge in [-0.3, -0.25) is 0 Å². The van der Waals surface area contributed by atoms with E-state index in [1.807, 2.05) is 24.4 Å². The van der Waals surface area contributed by atoms with Gasteiger partial charge in [0.15, 0.2) is 0 Å². The first-order valence-corrected chi connectivity index (χ1v) is 12.2. The van der Waals surface area contributed by atoms with E-state index in [4.69, 9.17) is 14.2 Å². The van der Waals surface area contributed by atoms with Crippen molar-refractivity contribution in [3.63, 3.8) is 0 Å². The van der Waals surface area contributed by atoms with Crippen LogP contribution in [0, 0.1) is 0 Å². The van der Waals surface area contributed by atoms with Crippen LogP contribution < -0.4 is 14.2 Å². The van der Waals surface area contributed by atoms with Gasteiger partial charge in [0, 0.05) is 46.9 Å². The van der Waals surface area contributed by atoms with Crippen LogP contribution in [0.5, 0.6) is 17.2 Å². The van der Waals surface area contributed by atoms with E-state index in [0.29, 0.717) is 0 Å². The number of nitrogens with zero attached hydrogens (tertiary/aromatic N) is 1. The lowest BCUT2D eigenvalue weighted by Gasteiger charge is -2.13. The summed E-state index contributed by atoms with van der Waals surface area (Å²) >= 11 is 0. The van der Waals surface area contributed by atoms with E-state index in [9.17, 15) is 0 Å². The molecule has 37 heavy (non-hydrogen) atoms. The molecule has 6 rings (SSSR count). The van der Waals surface area contributed by atoms with Crippen molar-refractivity contribution >= 4 is 21.8 Å². The van der Waals surface area contributed by atoms with Crippen molar-refractivity contribution in [3.05, 3.63) is 91.1 Å². The third kappa shape index (κ3) is 3.89. The Bertz CT molecular complexity index is 1720. The molecule has 6 aromatic rings. The molecule has 0 aliphatic heterocycles. The van der Waals surface area contributed by atoms with Crippen molar-refractivity contribution in [2.24, 2.45) is 7.05 Å². The predicted molar refractivity (Wildman–Crippen MR) is 151 cm³/mol. The van der Waals surface area contributed by atoms with E-state index in [2.05, 4.69) is 83.3 Å². The maximum absolute atomic E-state index is 5.61. The highest BCUT2D eigenvalue weighted by Gasteiger charge is 2.20. The third-order valence-corrected chi connectivity index (χ3v) is 7.09. The number of aryl methyl sites for hydroxylation is 1. The minimum absolute atomic E-state index is 0.751. The molecule has 0 saturated heterocycles. The number of aromatic amines is 1. The Morgan fingerprint density at radius 1 is 0.595 bits per heavy atom. The molecule has 5 nitrogen and oxygen atoms in total. The molecule has 184 valence electrons. The van der Waals surface area contributed by atoms with Crippen LogP contribution in [0.1, 0.15) is 0 Å². The molecule has 1 N–H and O–H groups in total. The number of nitrogens with one attached hydrogen (secondary N) is 1. The summed E-state index contributed by atoms with van der Waals surface area (Å²) in [6.07, 6.45) is 1.98. The molecule has 0 bridgehead atoms. The fraction of sp³-hybridized carbons (Fsp3) is 0.125. The Kier molecular flexibility index (Phi) is 5.61. The third-order valence-electron chi connectivity index (χ3n) is 7.09. The molecule has 0 amide bonds. The number of hydrogen-bond donors (Lipinski definition) is 1. The van der Waals surface area contributed by atoms with E-state index in [-0.39, 0.29) is 0 Å². The van der Waals surface area contributed by atoms with E-state index >= 15 is 0 Å². The predicted octanol–water partition coefficient (Wildman–Crippen LogP) is 7.69. The van der Waals surface area contributed by atoms with E-state index in [1.54, 1.807) is 21.3 Å². The van der Waals surface area contributed by atoms with E-state index in [1.165, 1.54) is 21.9 Å². The van der Waals surface area contributed by atoms with Gasteiger partial charge in [0.1, 0.15) is 17.2 Å². The summed E-state index contributed by atoms with van der Waals surface area (Å²) in [5.41, 5.74) is 9.02. The standard InChI is InChI=1S/C32H28N2O3/c1-34-30-12-8-22(21-7-11-29-23(15-21)13-14-33-29)18-28(30)31(20-5-9-25(35-2)10-6-20)32(34)24-16-26(36-3)19-27(17-24)37-4/h5-19,33H,1-4H3. The molecular weight excluding hydrogens is 460 g/mol. The minimum atomic E-state index is 0.751. The molecule has 0 aliphatic rings. The molecule has 0 aliphatic carbocycles. The summed E-state index contributed by atoms with van der Waals surface area (Å²) in [7, 11) is 7.16. The first-order chi connectivity index (χ1) is 18.1. The zero-order chi connectivity index (χ0) is 25.5. The Balaban J connectivity index is 1.63. The summed E-state index contributed by atoms with van der Waals surface area (Å²) in [6, 6.07) is 29.6. The first-order valence-electron chi connectivity index (χ1n) is 12.2. The highest BCUT2D eigenvalue weighted by Crippen LogP contribution is 2.44. The molecule has 4 aromatic carbocycles. The molecule has 0 fully saturated rings. The van der Waals surface area contributed by atoms with Gasteiger partial charge >= 0.3 is 0 Å². The Labute approximate surface area is 215 Å². The van der Waals surface area contributed by atoms with Gasteiger partial charge in [0.25, 0.3) is 0 Å². The molecular formula is C32H28N2O3. The van der Waals surface area contributed by atoms with Crippen LogP contribution in [0.15, 0.2) is 91.1 Å². The van der Waals surface area contributed by atoms with Crippen molar-refractivity contribution in [2.75, 3.05) is 21.3 Å². The molecule has 2 heterocycles. The Hall–Kier alpha value is -4.64. The van der Waals surface area contributed by atoms with Crippen molar-refractivity contribution in [3.8, 4) is 50.8 Å². The van der Waals surface area contributed by atoms with Gasteiger partial charge in [0.05, 0.1) is 27.0 Å². The lowest BCUT2D eigenvalue weighted by molar-refractivity contribution is 0.394. The van der Waals surface area contributed by atoms with Gasteiger partial charge < -0.3 is 23.8 Å². The van der Waals surface area contributed by atoms with Gasteiger partial charge in [-0.2, -0.15) is 0 Å². The number of fused-ring (bicyclic) bond motifs is 2. The van der Waals surface area contributed by atoms with Gasteiger partial charge in [-0.05, 0) is 76.7 Å². The summed E-state index contributed by atoms with van der Waals surface area (Å²) in [5.74, 6) is 2.33. The Morgan fingerprint density at radius 3 is 1.95 bits per heavy atom. The van der Waals surface area contributed by atoms with Crippen molar-refractivity contribution < 1.29 is 14.2 Å². The van der Waals surface area contributed by atoms with Gasteiger partial charge in [-0.15, -0.1) is 0 Å². The van der Waals surface area contributed by atoms with Gasteiger partial charge in [-0.1, -0.05) is 24.3 Å². The van der Waals surface area contributed by atoms with Gasteiger partial charge in [-0.25, -0.2) is 0 Å². The van der Waals surface area contributed by atoms with Crippen LogP contribution in [-0.2, 0) is 7.05 Å². The molecule has 2 aromatic heterocycles. The summed E-state index contributed by atoms with van der Waals surface area (Å²) < 4.78 is 18.9. The first kappa shape index (κ1) is 22.8. The number of hydrogen-bond acceptors (Lipinski definition) is 3. The fourth-order valence-electron chi connectivity index (χ4n) is 5.19. The quantitative estimate of drug-likeness (QED) is 0.261. The lowest BCUT2D eigenvalue weighted by Crippen LogP contribution is -1.95. The van der Waals surface area contributed by atoms with Crippen LogP contribution in [0.3, 0.4) is 0 Å².